The molecule has 0 saturated heterocycles. The van der Waals surface area contributed by atoms with Crippen molar-refractivity contribution in [1.82, 2.24) is 0 Å². The minimum absolute atomic E-state index is 0.129. The van der Waals surface area contributed by atoms with E-state index in [1.54, 1.807) is 0 Å². The van der Waals surface area contributed by atoms with E-state index in [0.29, 0.717) is 0 Å². The lowest BCUT2D eigenvalue weighted by Gasteiger charge is -2.12. The van der Waals surface area contributed by atoms with Crippen LogP contribution < -0.4 is 0 Å². The predicted octanol–water partition coefficient (Wildman–Crippen LogP) is 5.82. The van der Waals surface area contributed by atoms with E-state index in [2.05, 4.69) is 88.4 Å². The Kier molecular flexibility index (Phi) is 2.86. The highest BCUT2D eigenvalue weighted by atomic mass is 14.2. The smallest absolute Gasteiger partial charge is 0.00111 e. The van der Waals surface area contributed by atoms with Crippen molar-refractivity contribution in [3.05, 3.63) is 58.7 Å². The first-order chi connectivity index (χ1) is 9.35. The first-order valence-electron chi connectivity index (χ1n) is 7.30. The summed E-state index contributed by atoms with van der Waals surface area (Å²) in [5.74, 6) is 0. The van der Waals surface area contributed by atoms with Gasteiger partial charge in [0.05, 0.1) is 0 Å². The summed E-state index contributed by atoms with van der Waals surface area (Å²) in [6, 6.07) is 4.60. The van der Waals surface area contributed by atoms with Gasteiger partial charge in [0.15, 0.2) is 0 Å². The Morgan fingerprint density at radius 1 is 0.500 bits per heavy atom. The molecule has 0 N–H and O–H groups in total. The molecule has 0 heterocycles. The summed E-state index contributed by atoms with van der Waals surface area (Å²) >= 11 is 0. The van der Waals surface area contributed by atoms with Gasteiger partial charge in [-0.3, -0.25) is 0 Å². The molecule has 0 fully saturated rings. The molecule has 1 aromatic rings. The highest BCUT2D eigenvalue weighted by Gasteiger charge is 2.16. The second-order valence-corrected chi connectivity index (χ2v) is 7.09. The summed E-state index contributed by atoms with van der Waals surface area (Å²) in [6.07, 6.45) is 18.1. The lowest BCUT2D eigenvalue weighted by molar-refractivity contribution is 0.633. The lowest BCUT2D eigenvalue weighted by atomic mass is 9.93. The second-order valence-electron chi connectivity index (χ2n) is 7.09. The molecule has 0 saturated carbocycles. The fourth-order valence-electron chi connectivity index (χ4n) is 2.58. The van der Waals surface area contributed by atoms with E-state index in [9.17, 15) is 0 Å². The van der Waals surface area contributed by atoms with Crippen LogP contribution in [0.3, 0.4) is 0 Å². The zero-order chi connectivity index (χ0) is 14.4. The van der Waals surface area contributed by atoms with Crippen molar-refractivity contribution < 1.29 is 0 Å². The molecule has 0 amide bonds. The van der Waals surface area contributed by atoms with Gasteiger partial charge in [-0.15, -0.1) is 0 Å². The highest BCUT2D eigenvalue weighted by molar-refractivity contribution is 5.78. The normalized spacial score (nSPS) is 21.0. The van der Waals surface area contributed by atoms with E-state index in [4.69, 9.17) is 0 Å². The monoisotopic (exact) mass is 262 g/mol. The van der Waals surface area contributed by atoms with Gasteiger partial charge in [-0.2, -0.15) is 0 Å². The van der Waals surface area contributed by atoms with Gasteiger partial charge in [0.1, 0.15) is 0 Å². The first kappa shape index (κ1) is 13.2. The van der Waals surface area contributed by atoms with Gasteiger partial charge in [-0.05, 0) is 34.4 Å². The zero-order valence-electron chi connectivity index (χ0n) is 12.8. The van der Waals surface area contributed by atoms with E-state index in [1.165, 1.54) is 22.3 Å². The van der Waals surface area contributed by atoms with Crippen molar-refractivity contribution in [3.8, 4) is 0 Å². The van der Waals surface area contributed by atoms with Crippen LogP contribution in [0.25, 0.3) is 24.3 Å². The molecule has 0 bridgehead atoms. The molecule has 0 unspecified atom stereocenters. The van der Waals surface area contributed by atoms with Gasteiger partial charge in [-0.1, -0.05) is 76.3 Å². The Morgan fingerprint density at radius 2 is 0.750 bits per heavy atom. The highest BCUT2D eigenvalue weighted by Crippen LogP contribution is 2.33. The minimum Gasteiger partial charge on any atom is -0.0745 e. The SMILES string of the molecule is CC1(C)C=Cc2cc3c(cc2C=C1)C=CC(C)(C)C=C3. The Labute approximate surface area is 122 Å². The summed E-state index contributed by atoms with van der Waals surface area (Å²) < 4.78 is 0. The summed E-state index contributed by atoms with van der Waals surface area (Å²) in [4.78, 5) is 0. The van der Waals surface area contributed by atoms with Crippen molar-refractivity contribution in [2.45, 2.75) is 27.7 Å². The maximum absolute atomic E-state index is 2.30. The van der Waals surface area contributed by atoms with Crippen molar-refractivity contribution in [2.75, 3.05) is 0 Å². The van der Waals surface area contributed by atoms with E-state index in [1.807, 2.05) is 0 Å². The maximum atomic E-state index is 2.30. The molecule has 20 heavy (non-hydrogen) atoms. The van der Waals surface area contributed by atoms with Crippen LogP contribution in [-0.2, 0) is 0 Å². The number of hydrogen-bond donors (Lipinski definition) is 0. The molecule has 2 aliphatic carbocycles. The predicted molar refractivity (Wildman–Crippen MR) is 90.1 cm³/mol. The van der Waals surface area contributed by atoms with Crippen LogP contribution >= 0.6 is 0 Å². The van der Waals surface area contributed by atoms with E-state index in [0.717, 1.165) is 0 Å². The van der Waals surface area contributed by atoms with E-state index in [-0.39, 0.29) is 10.8 Å². The van der Waals surface area contributed by atoms with Crippen LogP contribution in [-0.4, -0.2) is 0 Å². The summed E-state index contributed by atoms with van der Waals surface area (Å²) in [5.41, 5.74) is 5.49. The third kappa shape index (κ3) is 2.56. The third-order valence-electron chi connectivity index (χ3n) is 4.06. The van der Waals surface area contributed by atoms with Crippen LogP contribution in [0.1, 0.15) is 49.9 Å². The summed E-state index contributed by atoms with van der Waals surface area (Å²) in [6.45, 7) is 8.94. The zero-order valence-corrected chi connectivity index (χ0v) is 12.8. The average Bonchev–Trinajstić information content (AvgIpc) is 2.62. The fourth-order valence-corrected chi connectivity index (χ4v) is 2.58. The van der Waals surface area contributed by atoms with E-state index < -0.39 is 0 Å². The van der Waals surface area contributed by atoms with Gasteiger partial charge >= 0.3 is 0 Å². The van der Waals surface area contributed by atoms with Crippen LogP contribution in [0.4, 0.5) is 0 Å². The maximum Gasteiger partial charge on any atom is 0.00111 e. The van der Waals surface area contributed by atoms with Crippen LogP contribution in [0, 0.1) is 10.8 Å². The summed E-state index contributed by atoms with van der Waals surface area (Å²) in [5, 5.41) is 0. The van der Waals surface area contributed by atoms with Gasteiger partial charge in [0, 0.05) is 10.8 Å². The topological polar surface area (TPSA) is 0 Å². The number of allylic oxidation sites excluding steroid dienone is 4. The largest absolute Gasteiger partial charge is 0.0745 e. The van der Waals surface area contributed by atoms with Gasteiger partial charge < -0.3 is 0 Å². The van der Waals surface area contributed by atoms with Crippen molar-refractivity contribution in [1.29, 1.82) is 0 Å². The molecule has 1 aromatic carbocycles. The van der Waals surface area contributed by atoms with Crippen LogP contribution in [0.15, 0.2) is 36.4 Å². The van der Waals surface area contributed by atoms with Gasteiger partial charge in [0.2, 0.25) is 0 Å². The molecular formula is C20H22. The Balaban J connectivity index is 2.14. The minimum atomic E-state index is 0.129. The molecule has 0 aromatic heterocycles. The average molecular weight is 262 g/mol. The molecule has 0 heteroatoms. The molecule has 0 spiro atoms. The van der Waals surface area contributed by atoms with Crippen LogP contribution in [0.2, 0.25) is 0 Å². The lowest BCUT2D eigenvalue weighted by Crippen LogP contribution is -2.00. The molecule has 102 valence electrons. The van der Waals surface area contributed by atoms with Gasteiger partial charge in [-0.25, -0.2) is 0 Å². The number of benzene rings is 1. The first-order valence-corrected chi connectivity index (χ1v) is 7.30. The quantitative estimate of drug-likeness (QED) is 0.552. The van der Waals surface area contributed by atoms with Crippen molar-refractivity contribution >= 4 is 24.3 Å². The molecule has 0 nitrogen and oxygen atoms in total. The molecular weight excluding hydrogens is 240 g/mol. The standard InChI is InChI=1S/C20H22/c1-19(2)9-5-15-13-17-7-11-20(3,4)12-8-18(17)14-16(15)6-10-19/h5-14H,1-4H3. The number of rotatable bonds is 0. The van der Waals surface area contributed by atoms with Crippen LogP contribution in [0.5, 0.6) is 0 Å². The Bertz CT molecular complexity index is 551. The molecule has 0 aliphatic heterocycles. The number of hydrogen-bond acceptors (Lipinski definition) is 0. The third-order valence-corrected chi connectivity index (χ3v) is 4.06. The summed E-state index contributed by atoms with van der Waals surface area (Å²) in [7, 11) is 0. The van der Waals surface area contributed by atoms with E-state index >= 15 is 0 Å². The number of fused-ring (bicyclic) bond motifs is 2. The fraction of sp³-hybridized carbons (Fsp3) is 0.300. The van der Waals surface area contributed by atoms with Crippen molar-refractivity contribution in [3.63, 3.8) is 0 Å². The second kappa shape index (κ2) is 4.34. The van der Waals surface area contributed by atoms with Crippen molar-refractivity contribution in [2.24, 2.45) is 10.8 Å². The molecule has 2 aliphatic rings. The molecule has 0 atom stereocenters. The van der Waals surface area contributed by atoms with Gasteiger partial charge in [0.25, 0.3) is 0 Å². The molecule has 3 rings (SSSR count). The Morgan fingerprint density at radius 3 is 1.00 bits per heavy atom. The molecule has 0 radical (unpaired) electrons. The Hall–Kier alpha value is -1.82.